The van der Waals surface area contributed by atoms with E-state index in [4.69, 9.17) is 4.74 Å². The summed E-state index contributed by atoms with van der Waals surface area (Å²) in [5.74, 6) is 0.664. The van der Waals surface area contributed by atoms with E-state index >= 15 is 0 Å². The normalized spacial score (nSPS) is 11.6. The van der Waals surface area contributed by atoms with Crippen molar-refractivity contribution in [2.24, 2.45) is 0 Å². The van der Waals surface area contributed by atoms with Gasteiger partial charge in [-0.3, -0.25) is 9.59 Å². The maximum absolute atomic E-state index is 12.7. The summed E-state index contributed by atoms with van der Waals surface area (Å²) in [6, 6.07) is 19.2. The SMILES string of the molecule is COc1ccc(CCC(C)NC(=O)c2cccc(NC(=O)CCCc3cccs3)c2)cc1. The predicted octanol–water partition coefficient (Wildman–Crippen LogP) is 5.47. The average molecular weight is 451 g/mol. The van der Waals surface area contributed by atoms with E-state index in [1.54, 1.807) is 42.7 Å². The molecule has 1 aromatic heterocycles. The molecule has 0 aliphatic heterocycles. The highest BCUT2D eigenvalue weighted by atomic mass is 32.1. The van der Waals surface area contributed by atoms with Crippen LogP contribution in [0, 0.1) is 0 Å². The number of carbonyl (C=O) groups excluding carboxylic acids is 2. The number of methoxy groups -OCH3 is 1. The quantitative estimate of drug-likeness (QED) is 0.407. The summed E-state index contributed by atoms with van der Waals surface area (Å²) in [6.45, 7) is 2.00. The van der Waals surface area contributed by atoms with Crippen LogP contribution in [-0.2, 0) is 17.6 Å². The molecular weight excluding hydrogens is 420 g/mol. The Kier molecular flexibility index (Phi) is 8.87. The van der Waals surface area contributed by atoms with E-state index in [1.165, 1.54) is 10.4 Å². The molecule has 0 spiro atoms. The zero-order valence-corrected chi connectivity index (χ0v) is 19.4. The number of carbonyl (C=O) groups is 2. The van der Waals surface area contributed by atoms with Crippen LogP contribution < -0.4 is 15.4 Å². The van der Waals surface area contributed by atoms with E-state index in [1.807, 2.05) is 42.6 Å². The number of ether oxygens (including phenoxy) is 1. The molecule has 0 aliphatic rings. The number of aryl methyl sites for hydroxylation is 2. The van der Waals surface area contributed by atoms with Crippen LogP contribution in [0.15, 0.2) is 66.0 Å². The van der Waals surface area contributed by atoms with Gasteiger partial charge >= 0.3 is 0 Å². The first-order valence-electron chi connectivity index (χ1n) is 10.9. The highest BCUT2D eigenvalue weighted by molar-refractivity contribution is 7.09. The standard InChI is InChI=1S/C26H30N2O3S/c1-19(11-12-20-13-15-23(31-2)16-14-20)27-26(30)21-6-3-7-22(18-21)28-25(29)10-4-8-24-9-5-17-32-24/h3,5-7,9,13-19H,4,8,10-12H2,1-2H3,(H,27,30)(H,28,29). The highest BCUT2D eigenvalue weighted by Crippen LogP contribution is 2.16. The molecule has 3 rings (SSSR count). The average Bonchev–Trinajstić information content (AvgIpc) is 3.32. The first-order valence-corrected chi connectivity index (χ1v) is 11.8. The molecule has 2 amide bonds. The number of amides is 2. The summed E-state index contributed by atoms with van der Waals surface area (Å²) in [5, 5.41) is 7.99. The number of rotatable bonds is 11. The maximum Gasteiger partial charge on any atom is 0.251 e. The van der Waals surface area contributed by atoms with Gasteiger partial charge in [0.1, 0.15) is 5.75 Å². The summed E-state index contributed by atoms with van der Waals surface area (Å²) < 4.78 is 5.18. The molecule has 3 aromatic rings. The Morgan fingerprint density at radius 1 is 1.03 bits per heavy atom. The lowest BCUT2D eigenvalue weighted by Gasteiger charge is -2.15. The van der Waals surface area contributed by atoms with Gasteiger partial charge in [-0.2, -0.15) is 0 Å². The van der Waals surface area contributed by atoms with Crippen LogP contribution in [0.3, 0.4) is 0 Å². The summed E-state index contributed by atoms with van der Waals surface area (Å²) in [7, 11) is 1.65. The zero-order chi connectivity index (χ0) is 22.8. The summed E-state index contributed by atoms with van der Waals surface area (Å²) in [5.41, 5.74) is 2.39. The minimum atomic E-state index is -0.138. The molecule has 32 heavy (non-hydrogen) atoms. The fraction of sp³-hybridized carbons (Fsp3) is 0.308. The van der Waals surface area contributed by atoms with E-state index in [9.17, 15) is 9.59 Å². The zero-order valence-electron chi connectivity index (χ0n) is 18.6. The lowest BCUT2D eigenvalue weighted by Crippen LogP contribution is -2.32. The van der Waals surface area contributed by atoms with E-state index in [2.05, 4.69) is 16.7 Å². The monoisotopic (exact) mass is 450 g/mol. The van der Waals surface area contributed by atoms with Crippen LogP contribution in [0.5, 0.6) is 5.75 Å². The van der Waals surface area contributed by atoms with Crippen molar-refractivity contribution in [3.63, 3.8) is 0 Å². The Balaban J connectivity index is 1.44. The van der Waals surface area contributed by atoms with Gasteiger partial charge in [0.15, 0.2) is 0 Å². The first-order chi connectivity index (χ1) is 15.5. The molecule has 2 N–H and O–H groups in total. The summed E-state index contributed by atoms with van der Waals surface area (Å²) in [6.07, 6.45) is 3.86. The Morgan fingerprint density at radius 2 is 1.84 bits per heavy atom. The van der Waals surface area contributed by atoms with Crippen LogP contribution >= 0.6 is 11.3 Å². The van der Waals surface area contributed by atoms with Crippen LogP contribution in [0.25, 0.3) is 0 Å². The molecule has 1 heterocycles. The van der Waals surface area contributed by atoms with E-state index in [-0.39, 0.29) is 17.9 Å². The molecular formula is C26H30N2O3S. The lowest BCUT2D eigenvalue weighted by atomic mass is 10.1. The van der Waals surface area contributed by atoms with Crippen molar-refractivity contribution in [1.82, 2.24) is 5.32 Å². The summed E-state index contributed by atoms with van der Waals surface area (Å²) >= 11 is 1.71. The molecule has 168 valence electrons. The topological polar surface area (TPSA) is 67.4 Å². The number of nitrogens with one attached hydrogen (secondary N) is 2. The number of hydrogen-bond donors (Lipinski definition) is 2. The number of benzene rings is 2. The number of hydrogen-bond acceptors (Lipinski definition) is 4. The Morgan fingerprint density at radius 3 is 2.56 bits per heavy atom. The number of anilines is 1. The molecule has 0 saturated heterocycles. The van der Waals surface area contributed by atoms with E-state index in [0.717, 1.165) is 31.4 Å². The molecule has 0 saturated carbocycles. The second-order valence-corrected chi connectivity index (χ2v) is 8.86. The van der Waals surface area contributed by atoms with Gasteiger partial charge in [0, 0.05) is 28.6 Å². The molecule has 5 nitrogen and oxygen atoms in total. The molecule has 0 bridgehead atoms. The van der Waals surface area contributed by atoms with Crippen LogP contribution in [0.2, 0.25) is 0 Å². The van der Waals surface area contributed by atoms with Crippen molar-refractivity contribution in [3.05, 3.63) is 82.0 Å². The molecule has 1 unspecified atom stereocenters. The Hall–Kier alpha value is -3.12. The van der Waals surface area contributed by atoms with Crippen molar-refractivity contribution >= 4 is 28.8 Å². The molecule has 0 radical (unpaired) electrons. The van der Waals surface area contributed by atoms with Gasteiger partial charge in [0.2, 0.25) is 5.91 Å². The highest BCUT2D eigenvalue weighted by Gasteiger charge is 2.11. The van der Waals surface area contributed by atoms with Gasteiger partial charge in [0.25, 0.3) is 5.91 Å². The number of thiophene rings is 1. The van der Waals surface area contributed by atoms with Gasteiger partial charge in [-0.05, 0) is 79.9 Å². The van der Waals surface area contributed by atoms with Gasteiger partial charge in [-0.1, -0.05) is 24.3 Å². The second kappa shape index (κ2) is 12.1. The van der Waals surface area contributed by atoms with Crippen LogP contribution in [0.4, 0.5) is 5.69 Å². The maximum atomic E-state index is 12.7. The Labute approximate surface area is 193 Å². The van der Waals surface area contributed by atoms with Gasteiger partial charge in [-0.15, -0.1) is 11.3 Å². The fourth-order valence-electron chi connectivity index (χ4n) is 3.39. The third-order valence-electron chi connectivity index (χ3n) is 5.22. The minimum absolute atomic E-state index is 0.0279. The largest absolute Gasteiger partial charge is 0.497 e. The smallest absolute Gasteiger partial charge is 0.251 e. The second-order valence-electron chi connectivity index (χ2n) is 7.82. The van der Waals surface area contributed by atoms with Crippen molar-refractivity contribution < 1.29 is 14.3 Å². The molecule has 2 aromatic carbocycles. The van der Waals surface area contributed by atoms with Crippen molar-refractivity contribution in [2.45, 2.75) is 45.1 Å². The Bertz CT molecular complexity index is 1000. The predicted molar refractivity (Wildman–Crippen MR) is 131 cm³/mol. The summed E-state index contributed by atoms with van der Waals surface area (Å²) in [4.78, 5) is 26.2. The van der Waals surface area contributed by atoms with Crippen molar-refractivity contribution in [2.75, 3.05) is 12.4 Å². The lowest BCUT2D eigenvalue weighted by molar-refractivity contribution is -0.116. The molecule has 0 fully saturated rings. The molecule has 1 atom stereocenters. The first kappa shape index (κ1) is 23.5. The molecule has 6 heteroatoms. The van der Waals surface area contributed by atoms with Gasteiger partial charge < -0.3 is 15.4 Å². The van der Waals surface area contributed by atoms with Crippen molar-refractivity contribution in [1.29, 1.82) is 0 Å². The minimum Gasteiger partial charge on any atom is -0.497 e. The van der Waals surface area contributed by atoms with Crippen LogP contribution in [-0.4, -0.2) is 25.0 Å². The molecule has 0 aliphatic carbocycles. The van der Waals surface area contributed by atoms with Gasteiger partial charge in [-0.25, -0.2) is 0 Å². The third-order valence-corrected chi connectivity index (χ3v) is 6.15. The van der Waals surface area contributed by atoms with Crippen LogP contribution in [0.1, 0.15) is 47.0 Å². The van der Waals surface area contributed by atoms with E-state index in [0.29, 0.717) is 17.7 Å². The van der Waals surface area contributed by atoms with Crippen molar-refractivity contribution in [3.8, 4) is 5.75 Å². The van der Waals surface area contributed by atoms with E-state index < -0.39 is 0 Å². The van der Waals surface area contributed by atoms with Gasteiger partial charge in [0.05, 0.1) is 7.11 Å². The third kappa shape index (κ3) is 7.54. The fourth-order valence-corrected chi connectivity index (χ4v) is 4.15.